The number of para-hydroxylation sites is 1. The lowest BCUT2D eigenvalue weighted by Crippen LogP contribution is -2.31. The smallest absolute Gasteiger partial charge is 0.0584 e. The predicted octanol–water partition coefficient (Wildman–Crippen LogP) is 5.59. The molecule has 2 aromatic carbocycles. The molecular weight excluding hydrogens is 403 g/mol. The summed E-state index contributed by atoms with van der Waals surface area (Å²) < 4.78 is 2.29. The molecule has 2 N–H and O–H groups in total. The second-order valence-electron chi connectivity index (χ2n) is 6.57. The van der Waals surface area contributed by atoms with E-state index in [2.05, 4.69) is 48.0 Å². The average molecular weight is 428 g/mol. The first-order valence-electron chi connectivity index (χ1n) is 8.90. The molecule has 0 spiro atoms. The molecule has 0 amide bonds. The summed E-state index contributed by atoms with van der Waals surface area (Å²) in [5.41, 5.74) is 4.70. The minimum atomic E-state index is 0. The normalized spacial score (nSPS) is 12.2. The maximum atomic E-state index is 9.45. The van der Waals surface area contributed by atoms with E-state index in [0.29, 0.717) is 16.6 Å². The van der Waals surface area contributed by atoms with Gasteiger partial charge >= 0.3 is 0 Å². The van der Waals surface area contributed by atoms with Crippen LogP contribution in [0.25, 0.3) is 10.9 Å². The number of aliphatic hydroxyl groups excluding tert-OH is 1. The maximum Gasteiger partial charge on any atom is 0.0584 e. The van der Waals surface area contributed by atoms with Gasteiger partial charge in [-0.05, 0) is 42.7 Å². The number of halogens is 3. The Morgan fingerprint density at radius 1 is 1.15 bits per heavy atom. The van der Waals surface area contributed by atoms with Crippen LogP contribution >= 0.6 is 35.6 Å². The summed E-state index contributed by atoms with van der Waals surface area (Å²) in [4.78, 5) is 0. The first-order chi connectivity index (χ1) is 12.5. The van der Waals surface area contributed by atoms with Crippen LogP contribution in [0.4, 0.5) is 0 Å². The molecule has 3 aromatic rings. The van der Waals surface area contributed by atoms with Gasteiger partial charge in [0.05, 0.1) is 6.61 Å². The second kappa shape index (κ2) is 9.81. The van der Waals surface area contributed by atoms with Gasteiger partial charge in [-0.2, -0.15) is 0 Å². The number of fused-ring (bicyclic) bond motifs is 1. The van der Waals surface area contributed by atoms with Gasteiger partial charge in [0.2, 0.25) is 0 Å². The molecule has 0 aliphatic rings. The fourth-order valence-corrected chi connectivity index (χ4v) is 3.80. The molecule has 0 bridgehead atoms. The van der Waals surface area contributed by atoms with E-state index in [9.17, 15) is 5.11 Å². The highest BCUT2D eigenvalue weighted by Crippen LogP contribution is 2.29. The lowest BCUT2D eigenvalue weighted by Gasteiger charge is -2.14. The van der Waals surface area contributed by atoms with E-state index in [0.717, 1.165) is 18.5 Å². The van der Waals surface area contributed by atoms with Gasteiger partial charge in [-0.3, -0.25) is 0 Å². The monoisotopic (exact) mass is 426 g/mol. The van der Waals surface area contributed by atoms with Crippen molar-refractivity contribution in [2.75, 3.05) is 6.61 Å². The van der Waals surface area contributed by atoms with Crippen LogP contribution in [0, 0.1) is 6.92 Å². The van der Waals surface area contributed by atoms with Crippen molar-refractivity contribution < 1.29 is 5.11 Å². The van der Waals surface area contributed by atoms with E-state index in [-0.39, 0.29) is 25.1 Å². The van der Waals surface area contributed by atoms with Gasteiger partial charge in [0.15, 0.2) is 0 Å². The molecule has 1 aromatic heterocycles. The SMILES string of the molecule is CCC(CO)NCc1c(C)n(Cc2ccc(Cl)cc2Cl)c2ccccc12.Cl. The van der Waals surface area contributed by atoms with Crippen LogP contribution in [0.15, 0.2) is 42.5 Å². The number of benzene rings is 2. The molecule has 0 radical (unpaired) electrons. The van der Waals surface area contributed by atoms with Gasteiger partial charge in [0.1, 0.15) is 0 Å². The van der Waals surface area contributed by atoms with Crippen molar-refractivity contribution in [3.63, 3.8) is 0 Å². The Balaban J connectivity index is 0.00000261. The molecule has 0 saturated heterocycles. The highest BCUT2D eigenvalue weighted by molar-refractivity contribution is 6.35. The quantitative estimate of drug-likeness (QED) is 0.516. The number of rotatable bonds is 7. The summed E-state index contributed by atoms with van der Waals surface area (Å²) in [5, 5.41) is 15.5. The van der Waals surface area contributed by atoms with E-state index in [4.69, 9.17) is 23.2 Å². The van der Waals surface area contributed by atoms with Crippen molar-refractivity contribution in [2.24, 2.45) is 0 Å². The average Bonchev–Trinajstić information content (AvgIpc) is 2.90. The van der Waals surface area contributed by atoms with Crippen LogP contribution in [-0.2, 0) is 13.1 Å². The van der Waals surface area contributed by atoms with E-state index in [1.54, 1.807) is 6.07 Å². The molecule has 3 nitrogen and oxygen atoms in total. The first-order valence-corrected chi connectivity index (χ1v) is 9.65. The Hall–Kier alpha value is -1.23. The van der Waals surface area contributed by atoms with E-state index in [1.165, 1.54) is 22.2 Å². The summed E-state index contributed by atoms with van der Waals surface area (Å²) in [5.74, 6) is 0. The second-order valence-corrected chi connectivity index (χ2v) is 7.42. The molecule has 1 heterocycles. The predicted molar refractivity (Wildman–Crippen MR) is 117 cm³/mol. The summed E-state index contributed by atoms with van der Waals surface area (Å²) in [7, 11) is 0. The fraction of sp³-hybridized carbons (Fsp3) is 0.333. The third kappa shape index (κ3) is 4.79. The number of aliphatic hydroxyl groups is 1. The van der Waals surface area contributed by atoms with Gasteiger partial charge in [-0.1, -0.05) is 54.4 Å². The molecule has 0 saturated carbocycles. The van der Waals surface area contributed by atoms with Crippen molar-refractivity contribution in [2.45, 2.75) is 39.4 Å². The van der Waals surface area contributed by atoms with Gasteiger partial charge in [0.25, 0.3) is 0 Å². The highest BCUT2D eigenvalue weighted by Gasteiger charge is 2.16. The minimum absolute atomic E-state index is 0. The number of hydrogen-bond acceptors (Lipinski definition) is 2. The topological polar surface area (TPSA) is 37.2 Å². The van der Waals surface area contributed by atoms with Crippen LogP contribution in [0.5, 0.6) is 0 Å². The Bertz CT molecular complexity index is 904. The first kappa shape index (κ1) is 22.1. The summed E-state index contributed by atoms with van der Waals surface area (Å²) in [6.45, 7) is 5.79. The highest BCUT2D eigenvalue weighted by atomic mass is 35.5. The van der Waals surface area contributed by atoms with Gasteiger partial charge < -0.3 is 15.0 Å². The zero-order valence-electron chi connectivity index (χ0n) is 15.5. The van der Waals surface area contributed by atoms with Crippen molar-refractivity contribution in [1.29, 1.82) is 0 Å². The van der Waals surface area contributed by atoms with Crippen LogP contribution in [-0.4, -0.2) is 22.3 Å². The molecule has 146 valence electrons. The van der Waals surface area contributed by atoms with Gasteiger partial charge in [0, 0.05) is 45.8 Å². The Kier molecular flexibility index (Phi) is 8.02. The zero-order valence-corrected chi connectivity index (χ0v) is 17.8. The molecule has 1 atom stereocenters. The number of nitrogens with one attached hydrogen (secondary N) is 1. The lowest BCUT2D eigenvalue weighted by atomic mass is 10.1. The van der Waals surface area contributed by atoms with Crippen LogP contribution in [0.1, 0.15) is 30.2 Å². The number of hydrogen-bond donors (Lipinski definition) is 2. The lowest BCUT2D eigenvalue weighted by molar-refractivity contribution is 0.238. The van der Waals surface area contributed by atoms with E-state index >= 15 is 0 Å². The maximum absolute atomic E-state index is 9.45. The van der Waals surface area contributed by atoms with Gasteiger partial charge in [-0.15, -0.1) is 12.4 Å². The molecule has 6 heteroatoms. The largest absolute Gasteiger partial charge is 0.395 e. The van der Waals surface area contributed by atoms with Crippen LogP contribution in [0.2, 0.25) is 10.0 Å². The molecular formula is C21H25Cl3N2O. The van der Waals surface area contributed by atoms with Crippen molar-refractivity contribution in [3.05, 3.63) is 69.3 Å². The number of aromatic nitrogens is 1. The zero-order chi connectivity index (χ0) is 18.7. The molecule has 1 unspecified atom stereocenters. The van der Waals surface area contributed by atoms with Gasteiger partial charge in [-0.25, -0.2) is 0 Å². The minimum Gasteiger partial charge on any atom is -0.395 e. The Morgan fingerprint density at radius 2 is 1.89 bits per heavy atom. The third-order valence-corrected chi connectivity index (χ3v) is 5.57. The Morgan fingerprint density at radius 3 is 2.56 bits per heavy atom. The molecule has 0 aliphatic carbocycles. The van der Waals surface area contributed by atoms with Crippen LogP contribution in [0.3, 0.4) is 0 Å². The molecule has 0 aliphatic heterocycles. The molecule has 0 fully saturated rings. The fourth-order valence-electron chi connectivity index (χ4n) is 3.33. The number of nitrogens with zero attached hydrogens (tertiary/aromatic N) is 1. The van der Waals surface area contributed by atoms with E-state index in [1.807, 2.05) is 12.1 Å². The summed E-state index contributed by atoms with van der Waals surface area (Å²) >= 11 is 12.4. The van der Waals surface area contributed by atoms with E-state index < -0.39 is 0 Å². The summed E-state index contributed by atoms with van der Waals surface area (Å²) in [6, 6.07) is 14.2. The standard InChI is InChI=1S/C21H24Cl2N2O.ClH/c1-3-17(13-26)24-11-19-14(2)25(21-7-5-4-6-18(19)21)12-15-8-9-16(22)10-20(15)23;/h4-10,17,24,26H,3,11-13H2,1-2H3;1H. The van der Waals surface area contributed by atoms with Crippen molar-refractivity contribution >= 4 is 46.5 Å². The van der Waals surface area contributed by atoms with Crippen LogP contribution < -0.4 is 5.32 Å². The van der Waals surface area contributed by atoms with Crippen molar-refractivity contribution in [1.82, 2.24) is 9.88 Å². The Labute approximate surface area is 176 Å². The molecule has 3 rings (SSSR count). The summed E-state index contributed by atoms with van der Waals surface area (Å²) in [6.07, 6.45) is 0.897. The third-order valence-electron chi connectivity index (χ3n) is 4.99. The molecule has 27 heavy (non-hydrogen) atoms. The van der Waals surface area contributed by atoms with Crippen molar-refractivity contribution in [3.8, 4) is 0 Å².